The summed E-state index contributed by atoms with van der Waals surface area (Å²) in [5.41, 5.74) is 1.13. The van der Waals surface area contributed by atoms with Gasteiger partial charge in [0, 0.05) is 13.2 Å². The molecule has 0 aliphatic heterocycles. The van der Waals surface area contributed by atoms with Crippen molar-refractivity contribution in [2.24, 2.45) is 40.4 Å². The van der Waals surface area contributed by atoms with Crippen LogP contribution in [0.5, 0.6) is 0 Å². The molecule has 3 aliphatic carbocycles. The number of fused-ring (bicyclic) bond motifs is 3. The highest BCUT2D eigenvalue weighted by atomic mass is 16.5. The van der Waals surface area contributed by atoms with Crippen LogP contribution in [0.1, 0.15) is 124 Å². The lowest BCUT2D eigenvalue weighted by Gasteiger charge is -2.63. The molecule has 34 heavy (non-hydrogen) atoms. The summed E-state index contributed by atoms with van der Waals surface area (Å²) in [6.07, 6.45) is 19.9. The highest BCUT2D eigenvalue weighted by molar-refractivity contribution is 5.06. The number of unbranched alkanes of at least 4 members (excludes halogenated alkanes) is 3. The maximum absolute atomic E-state index is 8.86. The number of nitrogens with one attached hydrogen (secondary N) is 1. The number of aliphatic hydroxyl groups excluding tert-OH is 1. The van der Waals surface area contributed by atoms with Crippen molar-refractivity contribution in [1.29, 1.82) is 0 Å². The van der Waals surface area contributed by atoms with E-state index in [1.807, 2.05) is 0 Å². The van der Waals surface area contributed by atoms with Crippen LogP contribution in [-0.2, 0) is 4.74 Å². The molecule has 3 heteroatoms. The molecule has 3 saturated carbocycles. The van der Waals surface area contributed by atoms with Crippen LogP contribution in [0.3, 0.4) is 0 Å². The highest BCUT2D eigenvalue weighted by Gasteiger charge is 2.57. The first-order valence-corrected chi connectivity index (χ1v) is 15.0. The molecule has 0 amide bonds. The van der Waals surface area contributed by atoms with Gasteiger partial charge in [0.2, 0.25) is 0 Å². The summed E-state index contributed by atoms with van der Waals surface area (Å²) in [6.45, 7) is 16.3. The molecule has 0 bridgehead atoms. The quantitative estimate of drug-likeness (QED) is 0.197. The maximum Gasteiger partial charge on any atom is 0.179 e. The Morgan fingerprint density at radius 1 is 1.03 bits per heavy atom. The molecule has 0 aromatic carbocycles. The molecule has 0 saturated heterocycles. The van der Waals surface area contributed by atoms with Gasteiger partial charge in [-0.3, -0.25) is 0 Å². The van der Waals surface area contributed by atoms with Crippen LogP contribution in [0.25, 0.3) is 0 Å². The Kier molecular flexibility index (Phi) is 10.7. The first-order chi connectivity index (χ1) is 16.4. The molecular weight excluding hydrogens is 418 g/mol. The van der Waals surface area contributed by atoms with Crippen molar-refractivity contribution in [3.63, 3.8) is 0 Å². The lowest BCUT2D eigenvalue weighted by atomic mass is 9.42. The van der Waals surface area contributed by atoms with E-state index in [2.05, 4.69) is 39.6 Å². The van der Waals surface area contributed by atoms with Gasteiger partial charge in [-0.1, -0.05) is 47.0 Å². The normalized spacial score (nSPS) is 37.5. The largest absolute Gasteiger partial charge is 0.480 e. The lowest BCUT2D eigenvalue weighted by molar-refractivity contribution is -0.136. The van der Waals surface area contributed by atoms with Gasteiger partial charge in [-0.25, -0.2) is 0 Å². The second kappa shape index (κ2) is 13.0. The zero-order chi connectivity index (χ0) is 24.6. The van der Waals surface area contributed by atoms with E-state index < -0.39 is 0 Å². The molecule has 3 aliphatic rings. The number of hydrogen-bond acceptors (Lipinski definition) is 3. The Bertz CT molecular complexity index is 621. The fourth-order valence-electron chi connectivity index (χ4n) is 8.91. The minimum atomic E-state index is 0.287. The van der Waals surface area contributed by atoms with Crippen LogP contribution in [0, 0.1) is 40.4 Å². The molecule has 3 fully saturated rings. The van der Waals surface area contributed by atoms with Gasteiger partial charge in [0.1, 0.15) is 0 Å². The van der Waals surface area contributed by atoms with E-state index in [-0.39, 0.29) is 6.61 Å². The average Bonchev–Trinajstić information content (AvgIpc) is 2.81. The molecule has 2 N–H and O–H groups in total. The van der Waals surface area contributed by atoms with Crippen LogP contribution < -0.4 is 5.32 Å². The molecular formula is C31H57NO2. The van der Waals surface area contributed by atoms with Gasteiger partial charge in [0.05, 0.1) is 6.61 Å². The van der Waals surface area contributed by atoms with Crippen molar-refractivity contribution < 1.29 is 9.84 Å². The average molecular weight is 476 g/mol. The number of rotatable bonds is 14. The minimum absolute atomic E-state index is 0.287. The van der Waals surface area contributed by atoms with Crippen LogP contribution in [-0.4, -0.2) is 24.9 Å². The zero-order valence-corrected chi connectivity index (χ0v) is 23.2. The second-order valence-electron chi connectivity index (χ2n) is 12.9. The van der Waals surface area contributed by atoms with E-state index in [1.54, 1.807) is 0 Å². The van der Waals surface area contributed by atoms with E-state index in [1.165, 1.54) is 70.6 Å². The van der Waals surface area contributed by atoms with Crippen LogP contribution >= 0.6 is 0 Å². The summed E-state index contributed by atoms with van der Waals surface area (Å²) < 4.78 is 5.86. The first-order valence-electron chi connectivity index (χ1n) is 15.0. The maximum atomic E-state index is 8.86. The monoisotopic (exact) mass is 475 g/mol. The fraction of sp³-hybridized carbons (Fsp3) is 0.935. The molecule has 0 aromatic rings. The Balaban J connectivity index is 1.49. The summed E-state index contributed by atoms with van der Waals surface area (Å²) in [4.78, 5) is 0. The molecule has 3 rings (SSSR count). The molecule has 0 aromatic heterocycles. The van der Waals surface area contributed by atoms with E-state index >= 15 is 0 Å². The summed E-state index contributed by atoms with van der Waals surface area (Å²) in [6, 6.07) is 0. The number of hydrogen-bond donors (Lipinski definition) is 2. The van der Waals surface area contributed by atoms with E-state index in [0.29, 0.717) is 16.7 Å². The lowest BCUT2D eigenvalue weighted by Crippen LogP contribution is -2.55. The van der Waals surface area contributed by atoms with Gasteiger partial charge in [-0.2, -0.15) is 0 Å². The predicted molar refractivity (Wildman–Crippen MR) is 144 cm³/mol. The smallest absolute Gasteiger partial charge is 0.179 e. The van der Waals surface area contributed by atoms with Gasteiger partial charge < -0.3 is 15.2 Å². The third kappa shape index (κ3) is 6.54. The van der Waals surface area contributed by atoms with Gasteiger partial charge in [-0.15, -0.1) is 0 Å². The van der Waals surface area contributed by atoms with Crippen molar-refractivity contribution in [2.45, 2.75) is 124 Å². The van der Waals surface area contributed by atoms with Gasteiger partial charge in [0.25, 0.3) is 0 Å². The van der Waals surface area contributed by atoms with Crippen LogP contribution in [0.2, 0.25) is 0 Å². The molecule has 198 valence electrons. The molecule has 7 atom stereocenters. The van der Waals surface area contributed by atoms with Crippen LogP contribution in [0.15, 0.2) is 12.5 Å². The third-order valence-electron chi connectivity index (χ3n) is 10.6. The van der Waals surface area contributed by atoms with Crippen molar-refractivity contribution >= 4 is 0 Å². The van der Waals surface area contributed by atoms with E-state index in [0.717, 1.165) is 68.4 Å². The summed E-state index contributed by atoms with van der Waals surface area (Å²) >= 11 is 0. The number of aliphatic hydroxyl groups is 1. The zero-order valence-electron chi connectivity index (χ0n) is 23.2. The van der Waals surface area contributed by atoms with E-state index in [4.69, 9.17) is 9.84 Å². The standard InChI is InChI=1S/C31H57NO2/c1-6-14-28-26-23-24(2)27-15-8-9-18-31(27,5)29(26)16-19-30(28,4)17-10-13-22-34-25(3)32-20-11-7-12-21-33/h24,26-29,32-33H,3,6-23H2,1-2,4-5H3/t24-,26?,27?,28?,29-,30-,31?/m0/s1. The molecule has 0 radical (unpaired) electrons. The SMILES string of the molecule is C=C(NCCCCCO)OCCCC[C@@]1(C)CC[C@H]2C(C[C@H](C)C3CCCCC32C)C1CCC. The molecule has 0 heterocycles. The van der Waals surface area contributed by atoms with Gasteiger partial charge in [0.15, 0.2) is 5.88 Å². The molecule has 0 spiro atoms. The minimum Gasteiger partial charge on any atom is -0.480 e. The van der Waals surface area contributed by atoms with Crippen LogP contribution in [0.4, 0.5) is 0 Å². The Morgan fingerprint density at radius 3 is 2.62 bits per heavy atom. The predicted octanol–water partition coefficient (Wildman–Crippen LogP) is 8.08. The number of ether oxygens (including phenoxy) is 1. The van der Waals surface area contributed by atoms with Crippen molar-refractivity contribution in [2.75, 3.05) is 19.8 Å². The van der Waals surface area contributed by atoms with Crippen molar-refractivity contribution in [3.8, 4) is 0 Å². The summed E-state index contributed by atoms with van der Waals surface area (Å²) in [7, 11) is 0. The van der Waals surface area contributed by atoms with Crippen molar-refractivity contribution in [1.82, 2.24) is 5.32 Å². The molecule has 3 nitrogen and oxygen atoms in total. The molecule has 4 unspecified atom stereocenters. The second-order valence-corrected chi connectivity index (χ2v) is 12.9. The highest BCUT2D eigenvalue weighted by Crippen LogP contribution is 2.65. The summed E-state index contributed by atoms with van der Waals surface area (Å²) in [5.74, 6) is 5.47. The van der Waals surface area contributed by atoms with Crippen molar-refractivity contribution in [3.05, 3.63) is 12.5 Å². The summed E-state index contributed by atoms with van der Waals surface area (Å²) in [5, 5.41) is 12.1. The first kappa shape index (κ1) is 27.9. The Morgan fingerprint density at radius 2 is 1.85 bits per heavy atom. The Labute approximate surface area is 211 Å². The van der Waals surface area contributed by atoms with Gasteiger partial charge in [-0.05, 0) is 124 Å². The topological polar surface area (TPSA) is 41.5 Å². The fourth-order valence-corrected chi connectivity index (χ4v) is 8.91. The third-order valence-corrected chi connectivity index (χ3v) is 10.6. The van der Waals surface area contributed by atoms with E-state index in [9.17, 15) is 0 Å². The Hall–Kier alpha value is -0.700. The van der Waals surface area contributed by atoms with Gasteiger partial charge >= 0.3 is 0 Å².